The van der Waals surface area contributed by atoms with Crippen LogP contribution < -0.4 is 0 Å². The van der Waals surface area contributed by atoms with Crippen molar-refractivity contribution in [1.29, 1.82) is 0 Å². The molecule has 0 aromatic heterocycles. The van der Waals surface area contributed by atoms with Crippen LogP contribution in [0.3, 0.4) is 0 Å². The molecule has 0 amide bonds. The predicted octanol–water partition coefficient (Wildman–Crippen LogP) is 0.200. The monoisotopic (exact) mass is 134 g/mol. The summed E-state index contributed by atoms with van der Waals surface area (Å²) in [5, 5.41) is 8.12. The molecule has 1 fully saturated rings. The number of carboxylic acids is 1. The van der Waals surface area contributed by atoms with E-state index in [0.29, 0.717) is 0 Å². The van der Waals surface area contributed by atoms with Crippen LogP contribution in [0.2, 0.25) is 0 Å². The molecule has 0 saturated carbocycles. The van der Waals surface area contributed by atoms with Gasteiger partial charge in [0.25, 0.3) is 0 Å². The fraction of sp³-hybridized carbons (Fsp3) is 0.800. The Balaban J connectivity index is 2.33. The van der Waals surface area contributed by atoms with Gasteiger partial charge in [-0.25, -0.2) is 4.39 Å². The zero-order chi connectivity index (χ0) is 6.91. The number of aliphatic carboxylic acids is 1. The van der Waals surface area contributed by atoms with E-state index in [2.05, 4.69) is 4.74 Å². The van der Waals surface area contributed by atoms with E-state index < -0.39 is 18.1 Å². The molecular weight excluding hydrogens is 127 g/mol. The van der Waals surface area contributed by atoms with Crippen LogP contribution in [0.25, 0.3) is 0 Å². The maximum absolute atomic E-state index is 12.7. The van der Waals surface area contributed by atoms with E-state index in [0.717, 1.165) is 0 Å². The Kier molecular flexibility index (Phi) is 1.40. The summed E-state index contributed by atoms with van der Waals surface area (Å²) in [5.74, 6) is -1.11. The van der Waals surface area contributed by atoms with Gasteiger partial charge in [0.05, 0.1) is 19.6 Å². The van der Waals surface area contributed by atoms with Crippen molar-refractivity contribution in [2.45, 2.75) is 12.1 Å². The molecule has 0 unspecified atom stereocenters. The number of carbonyl (C=O) groups is 1. The number of ether oxygens (including phenoxy) is 1. The molecule has 9 heavy (non-hydrogen) atoms. The number of carboxylic acid groups (broad SMARTS) is 1. The Hall–Kier alpha value is -0.640. The Morgan fingerprint density at radius 3 is 2.44 bits per heavy atom. The van der Waals surface area contributed by atoms with Gasteiger partial charge in [-0.1, -0.05) is 0 Å². The van der Waals surface area contributed by atoms with E-state index in [9.17, 15) is 9.18 Å². The second kappa shape index (κ2) is 1.95. The normalized spacial score (nSPS) is 22.8. The summed E-state index contributed by atoms with van der Waals surface area (Å²) in [7, 11) is 0. The SMILES string of the molecule is O=C(O)CC1(F)COC1. The molecule has 1 saturated heterocycles. The van der Waals surface area contributed by atoms with Crippen LogP contribution in [0.1, 0.15) is 6.42 Å². The average Bonchev–Trinajstić information content (AvgIpc) is 1.60. The Morgan fingerprint density at radius 1 is 1.78 bits per heavy atom. The van der Waals surface area contributed by atoms with E-state index in [1.54, 1.807) is 0 Å². The predicted molar refractivity (Wildman–Crippen MR) is 26.9 cm³/mol. The molecule has 3 nitrogen and oxygen atoms in total. The minimum atomic E-state index is -1.58. The van der Waals surface area contributed by atoms with Crippen molar-refractivity contribution in [3.8, 4) is 0 Å². The fourth-order valence-electron chi connectivity index (χ4n) is 0.697. The molecule has 4 heteroatoms. The smallest absolute Gasteiger partial charge is 0.306 e. The molecule has 0 radical (unpaired) electrons. The fourth-order valence-corrected chi connectivity index (χ4v) is 0.697. The van der Waals surface area contributed by atoms with Crippen molar-refractivity contribution in [1.82, 2.24) is 0 Å². The first-order valence-corrected chi connectivity index (χ1v) is 2.61. The van der Waals surface area contributed by atoms with Gasteiger partial charge in [-0.05, 0) is 0 Å². The summed E-state index contributed by atoms with van der Waals surface area (Å²) in [5.41, 5.74) is -1.58. The molecule has 1 aliphatic heterocycles. The molecule has 0 spiro atoms. The van der Waals surface area contributed by atoms with Crippen LogP contribution in [-0.4, -0.2) is 30.0 Å². The number of alkyl halides is 1. The highest BCUT2D eigenvalue weighted by atomic mass is 19.1. The third-order valence-electron chi connectivity index (χ3n) is 1.19. The first kappa shape index (κ1) is 6.48. The van der Waals surface area contributed by atoms with Crippen LogP contribution in [0.15, 0.2) is 0 Å². The van der Waals surface area contributed by atoms with Crippen molar-refractivity contribution in [2.75, 3.05) is 13.2 Å². The minimum absolute atomic E-state index is 0.0701. The zero-order valence-electron chi connectivity index (χ0n) is 4.76. The lowest BCUT2D eigenvalue weighted by molar-refractivity contribution is -0.161. The molecule has 1 heterocycles. The quantitative estimate of drug-likeness (QED) is 0.586. The highest BCUT2D eigenvalue weighted by molar-refractivity contribution is 5.68. The Morgan fingerprint density at radius 2 is 2.33 bits per heavy atom. The minimum Gasteiger partial charge on any atom is -0.481 e. The first-order chi connectivity index (χ1) is 4.12. The van der Waals surface area contributed by atoms with Gasteiger partial charge in [-0.15, -0.1) is 0 Å². The number of rotatable bonds is 2. The van der Waals surface area contributed by atoms with Gasteiger partial charge in [-0.3, -0.25) is 4.79 Å². The lowest BCUT2D eigenvalue weighted by Gasteiger charge is -2.31. The van der Waals surface area contributed by atoms with Crippen LogP contribution >= 0.6 is 0 Å². The second-order valence-electron chi connectivity index (χ2n) is 2.21. The maximum Gasteiger partial charge on any atom is 0.306 e. The van der Waals surface area contributed by atoms with Crippen molar-refractivity contribution >= 4 is 5.97 Å². The summed E-state index contributed by atoms with van der Waals surface area (Å²) in [6.07, 6.45) is -0.438. The van der Waals surface area contributed by atoms with Gasteiger partial charge < -0.3 is 9.84 Å². The Bertz CT molecular complexity index is 130. The first-order valence-electron chi connectivity index (χ1n) is 2.61. The van der Waals surface area contributed by atoms with E-state index in [4.69, 9.17) is 5.11 Å². The molecule has 0 aliphatic carbocycles. The zero-order valence-corrected chi connectivity index (χ0v) is 4.76. The maximum atomic E-state index is 12.7. The molecule has 0 aromatic rings. The molecular formula is C5H7FO3. The van der Waals surface area contributed by atoms with Crippen molar-refractivity contribution in [3.05, 3.63) is 0 Å². The van der Waals surface area contributed by atoms with Gasteiger partial charge in [0.2, 0.25) is 0 Å². The summed E-state index contributed by atoms with van der Waals surface area (Å²) < 4.78 is 17.2. The summed E-state index contributed by atoms with van der Waals surface area (Å²) >= 11 is 0. The number of hydrogen-bond donors (Lipinski definition) is 1. The highest BCUT2D eigenvalue weighted by Gasteiger charge is 2.40. The molecule has 1 aliphatic rings. The summed E-state index contributed by atoms with van der Waals surface area (Å²) in [6.45, 7) is -0.140. The lowest BCUT2D eigenvalue weighted by atomic mass is 10.0. The molecule has 0 aromatic carbocycles. The topological polar surface area (TPSA) is 46.5 Å². The van der Waals surface area contributed by atoms with E-state index in [1.165, 1.54) is 0 Å². The standard InChI is InChI=1S/C5H7FO3/c6-5(1-4(7)8)2-9-3-5/h1-3H2,(H,7,8). The number of halogens is 1. The molecule has 52 valence electrons. The number of hydrogen-bond acceptors (Lipinski definition) is 2. The summed E-state index contributed by atoms with van der Waals surface area (Å²) in [6, 6.07) is 0. The van der Waals surface area contributed by atoms with Gasteiger partial charge in [0.15, 0.2) is 5.67 Å². The van der Waals surface area contributed by atoms with Gasteiger partial charge >= 0.3 is 5.97 Å². The van der Waals surface area contributed by atoms with Crippen molar-refractivity contribution in [3.63, 3.8) is 0 Å². The van der Waals surface area contributed by atoms with Crippen molar-refractivity contribution in [2.24, 2.45) is 0 Å². The van der Waals surface area contributed by atoms with Gasteiger partial charge in [0.1, 0.15) is 0 Å². The van der Waals surface area contributed by atoms with Crippen LogP contribution in [-0.2, 0) is 9.53 Å². The second-order valence-corrected chi connectivity index (χ2v) is 2.21. The molecule has 1 N–H and O–H groups in total. The van der Waals surface area contributed by atoms with Crippen LogP contribution in [0.4, 0.5) is 4.39 Å². The van der Waals surface area contributed by atoms with E-state index in [1.807, 2.05) is 0 Å². The van der Waals surface area contributed by atoms with E-state index >= 15 is 0 Å². The molecule has 0 atom stereocenters. The van der Waals surface area contributed by atoms with Crippen molar-refractivity contribution < 1.29 is 19.0 Å². The highest BCUT2D eigenvalue weighted by Crippen LogP contribution is 2.25. The average molecular weight is 134 g/mol. The van der Waals surface area contributed by atoms with Gasteiger partial charge in [-0.2, -0.15) is 0 Å². The third-order valence-corrected chi connectivity index (χ3v) is 1.19. The van der Waals surface area contributed by atoms with Crippen LogP contribution in [0.5, 0.6) is 0 Å². The van der Waals surface area contributed by atoms with Crippen LogP contribution in [0, 0.1) is 0 Å². The molecule has 0 bridgehead atoms. The summed E-state index contributed by atoms with van der Waals surface area (Å²) in [4.78, 5) is 9.91. The Labute approximate surface area is 51.4 Å². The largest absolute Gasteiger partial charge is 0.481 e. The van der Waals surface area contributed by atoms with E-state index in [-0.39, 0.29) is 13.2 Å². The third kappa shape index (κ3) is 1.38. The van der Waals surface area contributed by atoms with Gasteiger partial charge in [0, 0.05) is 0 Å². The lowest BCUT2D eigenvalue weighted by Crippen LogP contribution is -2.46. The molecule has 1 rings (SSSR count).